The molecule has 0 aliphatic carbocycles. The van der Waals surface area contributed by atoms with Gasteiger partial charge in [0.2, 0.25) is 5.43 Å². The summed E-state index contributed by atoms with van der Waals surface area (Å²) in [4.78, 5) is 36.7. The summed E-state index contributed by atoms with van der Waals surface area (Å²) >= 11 is 0. The molecule has 1 aromatic carbocycles. The minimum absolute atomic E-state index is 0.0657. The fraction of sp³-hybridized carbons (Fsp3) is 0.133. The van der Waals surface area contributed by atoms with Crippen LogP contribution in [0.5, 0.6) is 0 Å². The number of para-hydroxylation sites is 1. The number of hydrogen-bond donors (Lipinski definition) is 0. The van der Waals surface area contributed by atoms with Crippen LogP contribution in [0, 0.1) is 0 Å². The first-order chi connectivity index (χ1) is 10.1. The molecule has 106 valence electrons. The molecule has 0 saturated carbocycles. The third-order valence-electron chi connectivity index (χ3n) is 3.40. The van der Waals surface area contributed by atoms with Crippen molar-refractivity contribution in [3.8, 4) is 0 Å². The Kier molecular flexibility index (Phi) is 2.86. The van der Waals surface area contributed by atoms with Crippen molar-refractivity contribution in [2.75, 3.05) is 14.2 Å². The van der Waals surface area contributed by atoms with Gasteiger partial charge in [-0.3, -0.25) is 14.2 Å². The van der Waals surface area contributed by atoms with Crippen molar-refractivity contribution in [3.63, 3.8) is 0 Å². The number of ether oxygens (including phenoxy) is 2. The number of pyridine rings is 1. The highest BCUT2D eigenvalue weighted by atomic mass is 16.5. The number of esters is 1. The van der Waals surface area contributed by atoms with E-state index in [0.717, 1.165) is 0 Å². The van der Waals surface area contributed by atoms with Crippen LogP contribution in [0.4, 0.5) is 0 Å². The highest BCUT2D eigenvalue weighted by molar-refractivity contribution is 6.11. The maximum Gasteiger partial charge on any atom is 0.344 e. The molecule has 1 aliphatic heterocycles. The quantitative estimate of drug-likeness (QED) is 0.780. The van der Waals surface area contributed by atoms with Gasteiger partial charge in [0.05, 0.1) is 25.4 Å². The summed E-state index contributed by atoms with van der Waals surface area (Å²) in [5.74, 6) is -1.14. The Morgan fingerprint density at radius 2 is 1.86 bits per heavy atom. The van der Waals surface area contributed by atoms with Crippen molar-refractivity contribution >= 4 is 28.9 Å². The number of carbonyl (C=O) groups is 2. The van der Waals surface area contributed by atoms with E-state index >= 15 is 0 Å². The molecule has 0 atom stereocenters. The van der Waals surface area contributed by atoms with E-state index in [1.54, 1.807) is 24.3 Å². The van der Waals surface area contributed by atoms with Gasteiger partial charge < -0.3 is 9.47 Å². The van der Waals surface area contributed by atoms with Crippen LogP contribution < -0.4 is 5.43 Å². The molecule has 1 aromatic heterocycles. The molecule has 0 fully saturated rings. The number of aromatic nitrogens is 1. The molecule has 0 N–H and O–H groups in total. The predicted molar refractivity (Wildman–Crippen MR) is 75.2 cm³/mol. The number of hydrogen-bond acceptors (Lipinski definition) is 5. The molecular formula is C15H11NO5. The lowest BCUT2D eigenvalue weighted by Gasteiger charge is -2.11. The average molecular weight is 285 g/mol. The third-order valence-corrected chi connectivity index (χ3v) is 3.40. The summed E-state index contributed by atoms with van der Waals surface area (Å²) in [6.07, 6.45) is 1.38. The fourth-order valence-corrected chi connectivity index (χ4v) is 2.45. The topological polar surface area (TPSA) is 74.6 Å². The molecule has 3 rings (SSSR count). The Hall–Kier alpha value is -2.89. The minimum Gasteiger partial charge on any atom is -0.491 e. The van der Waals surface area contributed by atoms with Gasteiger partial charge in [-0.25, -0.2) is 4.79 Å². The van der Waals surface area contributed by atoms with E-state index in [0.29, 0.717) is 5.52 Å². The second-order valence-corrected chi connectivity index (χ2v) is 4.45. The first kappa shape index (κ1) is 13.1. The Morgan fingerprint density at radius 3 is 2.52 bits per heavy atom. The minimum atomic E-state index is -0.782. The van der Waals surface area contributed by atoms with Crippen LogP contribution in [-0.2, 0) is 9.47 Å². The van der Waals surface area contributed by atoms with Crippen LogP contribution in [0.3, 0.4) is 0 Å². The third kappa shape index (κ3) is 1.69. The van der Waals surface area contributed by atoms with E-state index in [9.17, 15) is 14.4 Å². The van der Waals surface area contributed by atoms with Gasteiger partial charge in [-0.1, -0.05) is 12.1 Å². The lowest BCUT2D eigenvalue weighted by molar-refractivity contribution is 0.0598. The number of allylic oxidation sites excluding steroid dienone is 1. The van der Waals surface area contributed by atoms with Crippen molar-refractivity contribution in [3.05, 3.63) is 51.5 Å². The van der Waals surface area contributed by atoms with Gasteiger partial charge in [-0.2, -0.15) is 0 Å². The monoisotopic (exact) mass is 285 g/mol. The van der Waals surface area contributed by atoms with Crippen molar-refractivity contribution in [2.45, 2.75) is 0 Å². The van der Waals surface area contributed by atoms with E-state index in [2.05, 4.69) is 4.74 Å². The number of rotatable bonds is 2. The summed E-state index contributed by atoms with van der Waals surface area (Å²) in [7, 11) is 2.54. The molecule has 0 saturated heterocycles. The van der Waals surface area contributed by atoms with Crippen molar-refractivity contribution in [1.82, 2.24) is 4.57 Å². The molecule has 0 spiro atoms. The first-order valence-corrected chi connectivity index (χ1v) is 6.16. The highest BCUT2D eigenvalue weighted by Gasteiger charge is 2.31. The van der Waals surface area contributed by atoms with E-state index in [1.165, 1.54) is 24.9 Å². The van der Waals surface area contributed by atoms with Crippen molar-refractivity contribution < 1.29 is 19.1 Å². The molecule has 0 radical (unpaired) electrons. The van der Waals surface area contributed by atoms with Crippen molar-refractivity contribution in [1.29, 1.82) is 0 Å². The number of benzene rings is 1. The Morgan fingerprint density at radius 1 is 1.14 bits per heavy atom. The van der Waals surface area contributed by atoms with Crippen LogP contribution in [0.2, 0.25) is 0 Å². The second-order valence-electron chi connectivity index (χ2n) is 4.45. The van der Waals surface area contributed by atoms with Gasteiger partial charge in [-0.15, -0.1) is 0 Å². The molecule has 0 unspecified atom stereocenters. The largest absolute Gasteiger partial charge is 0.491 e. The summed E-state index contributed by atoms with van der Waals surface area (Å²) in [5, 5.41) is 0.278. The Balaban J connectivity index is 2.51. The van der Waals surface area contributed by atoms with Gasteiger partial charge in [0.15, 0.2) is 5.76 Å². The van der Waals surface area contributed by atoms with E-state index in [4.69, 9.17) is 4.74 Å². The van der Waals surface area contributed by atoms with E-state index < -0.39 is 17.3 Å². The zero-order valence-corrected chi connectivity index (χ0v) is 11.4. The molecule has 0 amide bonds. The molecule has 21 heavy (non-hydrogen) atoms. The zero-order valence-electron chi connectivity index (χ0n) is 11.4. The fourth-order valence-electron chi connectivity index (χ4n) is 2.45. The molecule has 2 heterocycles. The molecule has 6 heteroatoms. The smallest absolute Gasteiger partial charge is 0.344 e. The number of fused-ring (bicyclic) bond motifs is 3. The molecular weight excluding hydrogens is 274 g/mol. The predicted octanol–water partition coefficient (Wildman–Crippen LogP) is 1.43. The van der Waals surface area contributed by atoms with Gasteiger partial charge in [0, 0.05) is 11.5 Å². The number of nitrogens with zero attached hydrogens (tertiary/aromatic N) is 1. The molecule has 0 bridgehead atoms. The molecule has 6 nitrogen and oxygen atoms in total. The first-order valence-electron chi connectivity index (χ1n) is 6.16. The Bertz CT molecular complexity index is 875. The van der Waals surface area contributed by atoms with E-state index in [1.807, 2.05) is 0 Å². The maximum absolute atomic E-state index is 12.5. The lowest BCUT2D eigenvalue weighted by atomic mass is 10.1. The van der Waals surface area contributed by atoms with Gasteiger partial charge in [0.25, 0.3) is 5.91 Å². The normalized spacial score (nSPS) is 13.0. The van der Waals surface area contributed by atoms with Crippen LogP contribution in [0.25, 0.3) is 17.0 Å². The zero-order chi connectivity index (χ0) is 15.1. The van der Waals surface area contributed by atoms with Crippen LogP contribution in [-0.4, -0.2) is 30.7 Å². The maximum atomic E-state index is 12.5. The highest BCUT2D eigenvalue weighted by Crippen LogP contribution is 2.26. The molecule has 1 aliphatic rings. The standard InChI is InChI=1S/C15H11NO5/c1-20-11-7-10-12(15(19)21-2)13(17)8-5-3-4-6-9(8)16(10)14(11)18/h3-7H,1-2H3. The lowest BCUT2D eigenvalue weighted by Crippen LogP contribution is -2.24. The molecule has 2 aromatic rings. The van der Waals surface area contributed by atoms with Gasteiger partial charge >= 0.3 is 5.97 Å². The SMILES string of the molecule is COC(=O)c1c2n(c3ccccc3c1=O)C(=O)C(OC)=C2. The second kappa shape index (κ2) is 4.59. The Labute approximate surface area is 119 Å². The van der Waals surface area contributed by atoms with Gasteiger partial charge in [-0.05, 0) is 12.1 Å². The average Bonchev–Trinajstić information content (AvgIpc) is 2.84. The van der Waals surface area contributed by atoms with Crippen LogP contribution >= 0.6 is 0 Å². The van der Waals surface area contributed by atoms with E-state index in [-0.39, 0.29) is 22.4 Å². The van der Waals surface area contributed by atoms with Gasteiger partial charge in [0.1, 0.15) is 5.56 Å². The van der Waals surface area contributed by atoms with Crippen LogP contribution in [0.15, 0.2) is 34.8 Å². The summed E-state index contributed by atoms with van der Waals surface area (Å²) in [6, 6.07) is 6.59. The summed E-state index contributed by atoms with van der Waals surface area (Å²) in [5.41, 5.74) is -0.0208. The summed E-state index contributed by atoms with van der Waals surface area (Å²) < 4.78 is 11.0. The summed E-state index contributed by atoms with van der Waals surface area (Å²) in [6.45, 7) is 0. The van der Waals surface area contributed by atoms with Crippen LogP contribution in [0.1, 0.15) is 20.8 Å². The number of methoxy groups -OCH3 is 2. The number of carbonyl (C=O) groups excluding carboxylic acids is 2. The van der Waals surface area contributed by atoms with Crippen molar-refractivity contribution in [2.24, 2.45) is 0 Å².